The van der Waals surface area contributed by atoms with Gasteiger partial charge in [-0.15, -0.1) is 0 Å². The maximum absolute atomic E-state index is 12.9. The number of hydrogen-bond donors (Lipinski definition) is 0. The van der Waals surface area contributed by atoms with E-state index in [9.17, 15) is 65.9 Å². The third kappa shape index (κ3) is 5.59. The second-order valence-electron chi connectivity index (χ2n) is 4.96. The Bertz CT molecular complexity index is 747. The summed E-state index contributed by atoms with van der Waals surface area (Å²) >= 11 is 0. The van der Waals surface area contributed by atoms with Gasteiger partial charge in [-0.2, -0.15) is 65.9 Å². The molecular formula is C12H3F15O3. The van der Waals surface area contributed by atoms with Crippen LogP contribution < -0.4 is 14.2 Å². The maximum Gasteiger partial charge on any atom is 0.499 e. The predicted octanol–water partition coefficient (Wildman–Crippen LogP) is 6.29. The van der Waals surface area contributed by atoms with Crippen LogP contribution in [0.3, 0.4) is 0 Å². The number of benzene rings is 1. The number of alkyl halides is 15. The Morgan fingerprint density at radius 1 is 0.433 bits per heavy atom. The van der Waals surface area contributed by atoms with Gasteiger partial charge >= 0.3 is 36.9 Å². The van der Waals surface area contributed by atoms with Crippen LogP contribution >= 0.6 is 0 Å². The topological polar surface area (TPSA) is 27.7 Å². The molecule has 30 heavy (non-hydrogen) atoms. The first kappa shape index (κ1) is 25.6. The fourth-order valence-corrected chi connectivity index (χ4v) is 1.31. The van der Waals surface area contributed by atoms with E-state index in [1.807, 2.05) is 0 Å². The summed E-state index contributed by atoms with van der Waals surface area (Å²) in [5.74, 6) is -6.58. The molecule has 0 aliphatic carbocycles. The molecule has 0 fully saturated rings. The molecule has 1 aromatic carbocycles. The Hall–Kier alpha value is -2.43. The molecule has 0 aromatic heterocycles. The summed E-state index contributed by atoms with van der Waals surface area (Å²) in [5.41, 5.74) is 0. The molecule has 0 N–H and O–H groups in total. The summed E-state index contributed by atoms with van der Waals surface area (Å²) < 4.78 is 195. The molecule has 174 valence electrons. The normalized spacial score (nSPS) is 14.5. The van der Waals surface area contributed by atoms with Crippen molar-refractivity contribution in [3.8, 4) is 17.2 Å². The van der Waals surface area contributed by atoms with E-state index >= 15 is 0 Å². The molecule has 1 aromatic rings. The van der Waals surface area contributed by atoms with Crippen molar-refractivity contribution in [2.24, 2.45) is 0 Å². The van der Waals surface area contributed by atoms with Crippen molar-refractivity contribution in [1.82, 2.24) is 0 Å². The van der Waals surface area contributed by atoms with Crippen molar-refractivity contribution in [3.63, 3.8) is 0 Å². The molecule has 0 amide bonds. The Balaban J connectivity index is 3.45. The van der Waals surface area contributed by atoms with Crippen LogP contribution in [0.4, 0.5) is 65.9 Å². The predicted molar refractivity (Wildman–Crippen MR) is 61.3 cm³/mol. The van der Waals surface area contributed by atoms with Crippen LogP contribution in [0.1, 0.15) is 0 Å². The average Bonchev–Trinajstić information content (AvgIpc) is 2.45. The lowest BCUT2D eigenvalue weighted by Crippen LogP contribution is -2.44. The molecule has 0 heterocycles. The van der Waals surface area contributed by atoms with Crippen LogP contribution in [0.2, 0.25) is 0 Å². The van der Waals surface area contributed by atoms with Crippen molar-refractivity contribution in [2.75, 3.05) is 0 Å². The Kier molecular flexibility index (Phi) is 6.29. The fraction of sp³-hybridized carbons (Fsp3) is 0.500. The van der Waals surface area contributed by atoms with E-state index in [2.05, 4.69) is 14.2 Å². The minimum absolute atomic E-state index is 0.222. The summed E-state index contributed by atoms with van der Waals surface area (Å²) in [6.45, 7) is 0. The number of ether oxygens (including phenoxy) is 3. The van der Waals surface area contributed by atoms with Gasteiger partial charge in [-0.1, -0.05) is 0 Å². The Morgan fingerprint density at radius 3 is 1.13 bits per heavy atom. The highest BCUT2D eigenvalue weighted by Gasteiger charge is 2.64. The molecule has 0 spiro atoms. The largest absolute Gasteiger partial charge is 0.499 e. The van der Waals surface area contributed by atoms with Crippen LogP contribution in [0, 0.1) is 0 Å². The zero-order valence-electron chi connectivity index (χ0n) is 13.1. The standard InChI is InChI=1S/C12H3F15O3/c13-7(14,15)10(22,23)28-4-1-2-5(29-11(24,25)8(16,17)18)6(3-4)30-12(26,27)9(19,20)21/h1-3H. The molecule has 3 nitrogen and oxygen atoms in total. The van der Waals surface area contributed by atoms with E-state index in [1.54, 1.807) is 0 Å². The Morgan fingerprint density at radius 2 is 0.767 bits per heavy atom. The average molecular weight is 480 g/mol. The van der Waals surface area contributed by atoms with Gasteiger partial charge in [-0.05, 0) is 12.1 Å². The summed E-state index contributed by atoms with van der Waals surface area (Å²) in [7, 11) is 0. The summed E-state index contributed by atoms with van der Waals surface area (Å²) in [5, 5.41) is 0. The summed E-state index contributed by atoms with van der Waals surface area (Å²) in [4.78, 5) is 0. The van der Waals surface area contributed by atoms with Gasteiger partial charge in [0, 0.05) is 6.07 Å². The van der Waals surface area contributed by atoms with Crippen molar-refractivity contribution < 1.29 is 80.1 Å². The van der Waals surface area contributed by atoms with Crippen LogP contribution in [-0.4, -0.2) is 36.9 Å². The highest BCUT2D eigenvalue weighted by Crippen LogP contribution is 2.46. The third-order valence-corrected chi connectivity index (χ3v) is 2.63. The van der Waals surface area contributed by atoms with Gasteiger partial charge in [0.15, 0.2) is 11.5 Å². The smallest absolute Gasteiger partial charge is 0.426 e. The molecule has 0 aliphatic rings. The first-order valence-electron chi connectivity index (χ1n) is 6.55. The van der Waals surface area contributed by atoms with Gasteiger partial charge < -0.3 is 14.2 Å². The van der Waals surface area contributed by atoms with E-state index in [0.29, 0.717) is 0 Å². The zero-order valence-corrected chi connectivity index (χ0v) is 13.1. The minimum atomic E-state index is -6.62. The molecular weight excluding hydrogens is 477 g/mol. The minimum Gasteiger partial charge on any atom is -0.426 e. The van der Waals surface area contributed by atoms with Crippen LogP contribution in [0.5, 0.6) is 17.2 Å². The van der Waals surface area contributed by atoms with Crippen molar-refractivity contribution in [3.05, 3.63) is 18.2 Å². The molecule has 0 unspecified atom stereocenters. The molecule has 0 atom stereocenters. The molecule has 0 saturated carbocycles. The van der Waals surface area contributed by atoms with E-state index in [4.69, 9.17) is 0 Å². The fourth-order valence-electron chi connectivity index (χ4n) is 1.31. The van der Waals surface area contributed by atoms with Gasteiger partial charge in [0.1, 0.15) is 5.75 Å². The van der Waals surface area contributed by atoms with Crippen LogP contribution in [0.15, 0.2) is 18.2 Å². The van der Waals surface area contributed by atoms with Gasteiger partial charge in [0.05, 0.1) is 0 Å². The van der Waals surface area contributed by atoms with Crippen LogP contribution in [0.25, 0.3) is 0 Å². The zero-order chi connectivity index (χ0) is 24.0. The SMILES string of the molecule is FC(F)(F)C(F)(F)Oc1ccc(OC(F)(F)C(F)(F)F)c(OC(F)(F)C(F)(F)F)c1. The van der Waals surface area contributed by atoms with Gasteiger partial charge in [0.2, 0.25) is 0 Å². The van der Waals surface area contributed by atoms with Crippen molar-refractivity contribution in [1.29, 1.82) is 0 Å². The number of halogens is 15. The highest BCUT2D eigenvalue weighted by atomic mass is 19.4. The molecule has 1 rings (SSSR count). The van der Waals surface area contributed by atoms with Crippen LogP contribution in [-0.2, 0) is 0 Å². The van der Waals surface area contributed by atoms with E-state index in [-0.39, 0.29) is 6.07 Å². The quantitative estimate of drug-likeness (QED) is 0.449. The summed E-state index contributed by atoms with van der Waals surface area (Å²) in [6.07, 6.45) is -38.2. The van der Waals surface area contributed by atoms with E-state index in [1.165, 1.54) is 0 Å². The maximum atomic E-state index is 12.9. The first-order chi connectivity index (χ1) is 13.0. The lowest BCUT2D eigenvalue weighted by Gasteiger charge is -2.25. The molecule has 0 radical (unpaired) electrons. The highest BCUT2D eigenvalue weighted by molar-refractivity contribution is 5.46. The number of rotatable bonds is 6. The monoisotopic (exact) mass is 480 g/mol. The lowest BCUT2D eigenvalue weighted by atomic mass is 10.3. The molecule has 0 saturated heterocycles. The van der Waals surface area contributed by atoms with Gasteiger partial charge in [0.25, 0.3) is 0 Å². The second-order valence-corrected chi connectivity index (χ2v) is 4.96. The molecule has 0 aliphatic heterocycles. The van der Waals surface area contributed by atoms with Crippen molar-refractivity contribution >= 4 is 0 Å². The van der Waals surface area contributed by atoms with Crippen molar-refractivity contribution in [2.45, 2.75) is 36.9 Å². The molecule has 0 bridgehead atoms. The summed E-state index contributed by atoms with van der Waals surface area (Å²) in [6, 6.07) is -1.30. The van der Waals surface area contributed by atoms with Gasteiger partial charge in [-0.25, -0.2) is 0 Å². The van der Waals surface area contributed by atoms with E-state index in [0.717, 1.165) is 0 Å². The van der Waals surface area contributed by atoms with Gasteiger partial charge in [-0.3, -0.25) is 0 Å². The second kappa shape index (κ2) is 7.36. The number of hydrogen-bond acceptors (Lipinski definition) is 3. The third-order valence-electron chi connectivity index (χ3n) is 2.63. The van der Waals surface area contributed by atoms with E-state index < -0.39 is 66.2 Å². The molecule has 18 heteroatoms. The Labute approximate surface area is 153 Å². The first-order valence-corrected chi connectivity index (χ1v) is 6.55. The lowest BCUT2D eigenvalue weighted by molar-refractivity contribution is -0.367.